The van der Waals surface area contributed by atoms with Gasteiger partial charge in [0.15, 0.2) is 10.1 Å². The van der Waals surface area contributed by atoms with Crippen molar-refractivity contribution < 1.29 is 0 Å². The average Bonchev–Trinajstić information content (AvgIpc) is 2.97. The van der Waals surface area contributed by atoms with Crippen molar-refractivity contribution in [2.45, 2.75) is 0 Å². The minimum atomic E-state index is 0.482. The first kappa shape index (κ1) is 13.6. The van der Waals surface area contributed by atoms with Gasteiger partial charge in [0.2, 0.25) is 5.13 Å². The minimum Gasteiger partial charge on any atom is -0.332 e. The molecular weight excluding hydrogens is 302 g/mol. The Morgan fingerprint density at radius 3 is 2.62 bits per heavy atom. The first-order chi connectivity index (χ1) is 10.3. The van der Waals surface area contributed by atoms with Crippen LogP contribution < -0.4 is 10.6 Å². The number of pyridine rings is 1. The zero-order chi connectivity index (χ0) is 14.5. The molecule has 21 heavy (non-hydrogen) atoms. The quantitative estimate of drug-likeness (QED) is 0.723. The minimum absolute atomic E-state index is 0.482. The maximum absolute atomic E-state index is 5.25. The van der Waals surface area contributed by atoms with Crippen molar-refractivity contribution in [1.82, 2.24) is 15.2 Å². The average molecular weight is 313 g/mol. The summed E-state index contributed by atoms with van der Waals surface area (Å²) in [6.45, 7) is 0. The summed E-state index contributed by atoms with van der Waals surface area (Å²) in [4.78, 5) is 4.07. The van der Waals surface area contributed by atoms with Crippen LogP contribution in [0.4, 0.5) is 10.8 Å². The largest absolute Gasteiger partial charge is 0.332 e. The van der Waals surface area contributed by atoms with Gasteiger partial charge in [0, 0.05) is 23.6 Å². The molecule has 104 valence electrons. The molecule has 3 aromatic rings. The van der Waals surface area contributed by atoms with Gasteiger partial charge < -0.3 is 10.6 Å². The Hall–Kier alpha value is -2.38. The van der Waals surface area contributed by atoms with Crippen LogP contribution >= 0.6 is 23.6 Å². The molecule has 0 aliphatic rings. The number of nitrogens with one attached hydrogen (secondary N) is 2. The van der Waals surface area contributed by atoms with Crippen molar-refractivity contribution >= 4 is 39.5 Å². The predicted octanol–water partition coefficient (Wildman–Crippen LogP) is 3.41. The van der Waals surface area contributed by atoms with Gasteiger partial charge in [-0.25, -0.2) is 0 Å². The molecule has 0 aliphatic heterocycles. The molecule has 5 nitrogen and oxygen atoms in total. The van der Waals surface area contributed by atoms with Gasteiger partial charge >= 0.3 is 0 Å². The zero-order valence-electron chi connectivity index (χ0n) is 10.9. The molecule has 3 rings (SSSR count). The van der Waals surface area contributed by atoms with Crippen molar-refractivity contribution in [2.24, 2.45) is 0 Å². The van der Waals surface area contributed by atoms with Crippen LogP contribution in [0, 0.1) is 0 Å². The molecule has 0 saturated heterocycles. The first-order valence-corrected chi connectivity index (χ1v) is 7.41. The Kier molecular flexibility index (Phi) is 4.13. The Balaban J connectivity index is 1.66. The lowest BCUT2D eigenvalue weighted by Gasteiger charge is -2.07. The van der Waals surface area contributed by atoms with Crippen LogP contribution in [-0.4, -0.2) is 20.3 Å². The van der Waals surface area contributed by atoms with Gasteiger partial charge in [-0.1, -0.05) is 29.5 Å². The number of hydrogen-bond acceptors (Lipinski definition) is 5. The molecule has 0 saturated carbocycles. The molecule has 0 bridgehead atoms. The molecule has 1 aromatic carbocycles. The van der Waals surface area contributed by atoms with Gasteiger partial charge in [-0.05, 0) is 36.5 Å². The van der Waals surface area contributed by atoms with Crippen molar-refractivity contribution in [1.29, 1.82) is 0 Å². The second kappa shape index (κ2) is 6.38. The molecule has 2 heterocycles. The third kappa shape index (κ3) is 3.59. The fourth-order valence-electron chi connectivity index (χ4n) is 1.66. The van der Waals surface area contributed by atoms with Gasteiger partial charge in [-0.2, -0.15) is 0 Å². The molecule has 0 radical (unpaired) electrons. The first-order valence-electron chi connectivity index (χ1n) is 6.18. The number of para-hydroxylation sites is 1. The lowest BCUT2D eigenvalue weighted by molar-refractivity contribution is 1.10. The van der Waals surface area contributed by atoms with E-state index in [1.165, 1.54) is 11.3 Å². The van der Waals surface area contributed by atoms with Gasteiger partial charge in [-0.3, -0.25) is 4.98 Å². The van der Waals surface area contributed by atoms with Crippen LogP contribution in [0.5, 0.6) is 0 Å². The van der Waals surface area contributed by atoms with E-state index in [9.17, 15) is 0 Å². The predicted molar refractivity (Wildman–Crippen MR) is 89.4 cm³/mol. The lowest BCUT2D eigenvalue weighted by atomic mass is 10.3. The second-order valence-electron chi connectivity index (χ2n) is 4.10. The van der Waals surface area contributed by atoms with Crippen molar-refractivity contribution in [2.75, 3.05) is 10.6 Å². The fourth-order valence-corrected chi connectivity index (χ4v) is 2.68. The Labute approximate surface area is 131 Å². The highest BCUT2D eigenvalue weighted by Gasteiger charge is 2.07. The van der Waals surface area contributed by atoms with Gasteiger partial charge in [0.1, 0.15) is 0 Å². The molecule has 2 aromatic heterocycles. The van der Waals surface area contributed by atoms with Crippen molar-refractivity contribution in [3.63, 3.8) is 0 Å². The van der Waals surface area contributed by atoms with Crippen LogP contribution in [0.25, 0.3) is 10.6 Å². The van der Waals surface area contributed by atoms with E-state index in [0.29, 0.717) is 10.2 Å². The number of hydrogen-bond donors (Lipinski definition) is 2. The second-order valence-corrected chi connectivity index (χ2v) is 5.48. The zero-order valence-corrected chi connectivity index (χ0v) is 12.5. The van der Waals surface area contributed by atoms with E-state index in [0.717, 1.165) is 16.3 Å². The Morgan fingerprint density at radius 1 is 1.00 bits per heavy atom. The van der Waals surface area contributed by atoms with Gasteiger partial charge in [0.25, 0.3) is 0 Å². The van der Waals surface area contributed by atoms with E-state index in [1.807, 2.05) is 42.5 Å². The van der Waals surface area contributed by atoms with E-state index in [-0.39, 0.29) is 0 Å². The smallest absolute Gasteiger partial charge is 0.212 e. The molecular formula is C14H11N5S2. The van der Waals surface area contributed by atoms with Crippen LogP contribution in [0.1, 0.15) is 0 Å². The van der Waals surface area contributed by atoms with Crippen molar-refractivity contribution in [3.05, 3.63) is 54.9 Å². The summed E-state index contributed by atoms with van der Waals surface area (Å²) in [6.07, 6.45) is 3.48. The SMILES string of the molecule is S=C(Nc1ccccc1)Nc1nnc(-c2cccnc2)s1. The lowest BCUT2D eigenvalue weighted by Crippen LogP contribution is -2.18. The molecule has 0 aliphatic carbocycles. The number of nitrogens with zero attached hydrogens (tertiary/aromatic N) is 3. The molecule has 2 N–H and O–H groups in total. The molecule has 0 spiro atoms. The van der Waals surface area contributed by atoms with Gasteiger partial charge in [0.05, 0.1) is 0 Å². The summed E-state index contributed by atoms with van der Waals surface area (Å²) in [5, 5.41) is 16.2. The van der Waals surface area contributed by atoms with Crippen LogP contribution in [0.15, 0.2) is 54.9 Å². The monoisotopic (exact) mass is 313 g/mol. The van der Waals surface area contributed by atoms with E-state index >= 15 is 0 Å². The summed E-state index contributed by atoms with van der Waals surface area (Å²) in [5.74, 6) is 0. The topological polar surface area (TPSA) is 62.7 Å². The summed E-state index contributed by atoms with van der Waals surface area (Å²) >= 11 is 6.67. The van der Waals surface area contributed by atoms with Crippen LogP contribution in [-0.2, 0) is 0 Å². The van der Waals surface area contributed by atoms with E-state index in [1.54, 1.807) is 12.4 Å². The van der Waals surface area contributed by atoms with E-state index < -0.39 is 0 Å². The highest BCUT2D eigenvalue weighted by Crippen LogP contribution is 2.25. The van der Waals surface area contributed by atoms with E-state index in [4.69, 9.17) is 12.2 Å². The fraction of sp³-hybridized carbons (Fsp3) is 0. The Bertz CT molecular complexity index is 727. The van der Waals surface area contributed by atoms with Crippen molar-refractivity contribution in [3.8, 4) is 10.6 Å². The highest BCUT2D eigenvalue weighted by atomic mass is 32.1. The number of anilines is 2. The number of rotatable bonds is 3. The molecule has 0 fully saturated rings. The molecule has 0 unspecified atom stereocenters. The molecule has 0 atom stereocenters. The van der Waals surface area contributed by atoms with E-state index in [2.05, 4.69) is 25.8 Å². The van der Waals surface area contributed by atoms with Crippen LogP contribution in [0.3, 0.4) is 0 Å². The van der Waals surface area contributed by atoms with Gasteiger partial charge in [-0.15, -0.1) is 10.2 Å². The maximum Gasteiger partial charge on any atom is 0.212 e. The van der Waals surface area contributed by atoms with Crippen LogP contribution in [0.2, 0.25) is 0 Å². The summed E-state index contributed by atoms with van der Waals surface area (Å²) in [5.41, 5.74) is 1.86. The number of aromatic nitrogens is 3. The number of benzene rings is 1. The third-order valence-electron chi connectivity index (χ3n) is 2.59. The highest BCUT2D eigenvalue weighted by molar-refractivity contribution is 7.80. The summed E-state index contributed by atoms with van der Waals surface area (Å²) in [7, 11) is 0. The third-order valence-corrected chi connectivity index (χ3v) is 3.68. The summed E-state index contributed by atoms with van der Waals surface area (Å²) < 4.78 is 0. The maximum atomic E-state index is 5.25. The molecule has 7 heteroatoms. The Morgan fingerprint density at radius 2 is 1.86 bits per heavy atom. The normalized spacial score (nSPS) is 10.1. The molecule has 0 amide bonds. The summed E-state index contributed by atoms with van der Waals surface area (Å²) in [6, 6.07) is 13.5. The standard InChI is InChI=1S/C14H11N5S2/c20-13(16-11-6-2-1-3-7-11)17-14-19-18-12(21-14)10-5-4-8-15-9-10/h1-9H,(H2,16,17,19,20). The number of thiocarbonyl (C=S) groups is 1.